The highest BCUT2D eigenvalue weighted by Gasteiger charge is 2.15. The van der Waals surface area contributed by atoms with E-state index in [2.05, 4.69) is 0 Å². The van der Waals surface area contributed by atoms with E-state index in [1.807, 2.05) is 39.0 Å². The number of fused-ring (bicyclic) bond motifs is 1. The molecule has 2 aromatic rings. The van der Waals surface area contributed by atoms with Crippen LogP contribution in [-0.2, 0) is 0 Å². The van der Waals surface area contributed by atoms with Gasteiger partial charge in [-0.1, -0.05) is 19.1 Å². The number of furan rings is 1. The molecule has 0 spiro atoms. The van der Waals surface area contributed by atoms with Crippen molar-refractivity contribution < 1.29 is 8.81 Å². The summed E-state index contributed by atoms with van der Waals surface area (Å²) in [5.74, 6) is 0.156. The first-order chi connectivity index (χ1) is 8.04. The Morgan fingerprint density at radius 3 is 2.65 bits per heavy atom. The number of halogens is 1. The summed E-state index contributed by atoms with van der Waals surface area (Å²) in [6.07, 6.45) is 0.696. The Bertz CT molecular complexity index is 590. The van der Waals surface area contributed by atoms with Gasteiger partial charge < -0.3 is 4.42 Å². The summed E-state index contributed by atoms with van der Waals surface area (Å²) in [7, 11) is 0. The standard InChI is InChI=1S/C15H17FO/c1-5-10(3)14(16)15-11(4)12-7-6-9(2)8-13(12)17-15/h6-8H,5H2,1-4H3/b14-10+. The Morgan fingerprint density at radius 1 is 1.29 bits per heavy atom. The summed E-state index contributed by atoms with van der Waals surface area (Å²) >= 11 is 0. The molecule has 2 heteroatoms. The molecule has 0 N–H and O–H groups in total. The Morgan fingerprint density at radius 2 is 2.00 bits per heavy atom. The topological polar surface area (TPSA) is 13.1 Å². The first-order valence-corrected chi connectivity index (χ1v) is 5.90. The van der Waals surface area contributed by atoms with Gasteiger partial charge in [0.15, 0.2) is 11.6 Å². The lowest BCUT2D eigenvalue weighted by Crippen LogP contribution is -1.83. The van der Waals surface area contributed by atoms with Crippen molar-refractivity contribution in [3.63, 3.8) is 0 Å². The molecule has 0 fully saturated rings. The zero-order chi connectivity index (χ0) is 12.6. The van der Waals surface area contributed by atoms with E-state index in [0.29, 0.717) is 12.2 Å². The van der Waals surface area contributed by atoms with Gasteiger partial charge in [-0.25, -0.2) is 4.39 Å². The van der Waals surface area contributed by atoms with Gasteiger partial charge in [-0.05, 0) is 44.4 Å². The third-order valence-electron chi connectivity index (χ3n) is 3.20. The lowest BCUT2D eigenvalue weighted by atomic mass is 10.1. The van der Waals surface area contributed by atoms with Crippen LogP contribution in [0.1, 0.15) is 37.2 Å². The second kappa shape index (κ2) is 4.36. The van der Waals surface area contributed by atoms with Crippen LogP contribution in [0.5, 0.6) is 0 Å². The number of allylic oxidation sites excluding steroid dienone is 1. The zero-order valence-electron chi connectivity index (χ0n) is 10.7. The summed E-state index contributed by atoms with van der Waals surface area (Å²) < 4.78 is 19.7. The van der Waals surface area contributed by atoms with Crippen LogP contribution >= 0.6 is 0 Å². The lowest BCUT2D eigenvalue weighted by molar-refractivity contribution is 0.563. The van der Waals surface area contributed by atoms with Gasteiger partial charge in [0.25, 0.3) is 0 Å². The van der Waals surface area contributed by atoms with Gasteiger partial charge in [0.2, 0.25) is 0 Å². The smallest absolute Gasteiger partial charge is 0.166 e. The molecule has 0 atom stereocenters. The fraction of sp³-hybridized carbons (Fsp3) is 0.333. The second-order valence-electron chi connectivity index (χ2n) is 4.50. The van der Waals surface area contributed by atoms with Crippen molar-refractivity contribution in [2.24, 2.45) is 0 Å². The molecule has 1 heterocycles. The summed E-state index contributed by atoms with van der Waals surface area (Å²) in [5.41, 5.74) is 3.49. The van der Waals surface area contributed by atoms with E-state index < -0.39 is 0 Å². The quantitative estimate of drug-likeness (QED) is 0.697. The molecule has 0 aliphatic carbocycles. The number of hydrogen-bond donors (Lipinski definition) is 0. The highest BCUT2D eigenvalue weighted by atomic mass is 19.1. The van der Waals surface area contributed by atoms with Crippen molar-refractivity contribution in [3.05, 3.63) is 40.7 Å². The van der Waals surface area contributed by atoms with Crippen molar-refractivity contribution in [2.45, 2.75) is 34.1 Å². The van der Waals surface area contributed by atoms with E-state index in [1.165, 1.54) is 0 Å². The van der Waals surface area contributed by atoms with Crippen molar-refractivity contribution in [1.82, 2.24) is 0 Å². The van der Waals surface area contributed by atoms with Gasteiger partial charge in [-0.2, -0.15) is 0 Å². The summed E-state index contributed by atoms with van der Waals surface area (Å²) in [4.78, 5) is 0. The average Bonchev–Trinajstić information content (AvgIpc) is 2.64. The molecule has 17 heavy (non-hydrogen) atoms. The molecule has 90 valence electrons. The Hall–Kier alpha value is -1.57. The fourth-order valence-electron chi connectivity index (χ4n) is 1.89. The lowest BCUT2D eigenvalue weighted by Gasteiger charge is -1.99. The molecule has 0 amide bonds. The maximum absolute atomic E-state index is 14.1. The molecule has 1 nitrogen and oxygen atoms in total. The molecular weight excluding hydrogens is 215 g/mol. The number of benzene rings is 1. The van der Waals surface area contributed by atoms with Gasteiger partial charge in [0, 0.05) is 10.9 Å². The zero-order valence-corrected chi connectivity index (χ0v) is 10.7. The highest BCUT2D eigenvalue weighted by Crippen LogP contribution is 2.33. The Balaban J connectivity index is 2.68. The van der Waals surface area contributed by atoms with Crippen LogP contribution in [0.4, 0.5) is 4.39 Å². The first kappa shape index (κ1) is 11.9. The molecule has 0 saturated carbocycles. The maximum atomic E-state index is 14.1. The van der Waals surface area contributed by atoms with Gasteiger partial charge in [0.1, 0.15) is 5.58 Å². The fourth-order valence-corrected chi connectivity index (χ4v) is 1.89. The van der Waals surface area contributed by atoms with Crippen molar-refractivity contribution in [2.75, 3.05) is 0 Å². The molecule has 2 rings (SSSR count). The normalized spacial score (nSPS) is 13.0. The van der Waals surface area contributed by atoms with Crippen LogP contribution in [0.3, 0.4) is 0 Å². The van der Waals surface area contributed by atoms with Crippen LogP contribution in [-0.4, -0.2) is 0 Å². The molecule has 1 aromatic heterocycles. The van der Waals surface area contributed by atoms with E-state index in [4.69, 9.17) is 4.42 Å². The summed E-state index contributed by atoms with van der Waals surface area (Å²) in [5, 5.41) is 0.990. The molecule has 0 aliphatic rings. The van der Waals surface area contributed by atoms with E-state index in [9.17, 15) is 4.39 Å². The van der Waals surface area contributed by atoms with Gasteiger partial charge in [-0.15, -0.1) is 0 Å². The third-order valence-corrected chi connectivity index (χ3v) is 3.20. The second-order valence-corrected chi connectivity index (χ2v) is 4.50. The van der Waals surface area contributed by atoms with Crippen molar-refractivity contribution >= 4 is 16.8 Å². The SMILES string of the molecule is CC/C(C)=C(/F)c1oc2cc(C)ccc2c1C. The summed E-state index contributed by atoms with van der Waals surface area (Å²) in [6, 6.07) is 5.95. The Kier molecular flexibility index (Phi) is 3.05. The molecule has 0 unspecified atom stereocenters. The van der Waals surface area contributed by atoms with Crippen molar-refractivity contribution in [3.8, 4) is 0 Å². The van der Waals surface area contributed by atoms with E-state index >= 15 is 0 Å². The molecule has 0 radical (unpaired) electrons. The predicted molar refractivity (Wildman–Crippen MR) is 69.7 cm³/mol. The molecule has 0 bridgehead atoms. The highest BCUT2D eigenvalue weighted by molar-refractivity contribution is 5.86. The van der Waals surface area contributed by atoms with E-state index in [0.717, 1.165) is 27.7 Å². The minimum absolute atomic E-state index is 0.223. The number of aryl methyl sites for hydroxylation is 2. The van der Waals surface area contributed by atoms with Crippen LogP contribution in [0.15, 0.2) is 28.2 Å². The molecule has 0 saturated heterocycles. The van der Waals surface area contributed by atoms with Crippen LogP contribution in [0.25, 0.3) is 16.8 Å². The number of hydrogen-bond acceptors (Lipinski definition) is 1. The molecular formula is C15H17FO. The van der Waals surface area contributed by atoms with Crippen molar-refractivity contribution in [1.29, 1.82) is 0 Å². The first-order valence-electron chi connectivity index (χ1n) is 5.90. The largest absolute Gasteiger partial charge is 0.453 e. The monoisotopic (exact) mass is 232 g/mol. The molecule has 1 aromatic carbocycles. The van der Waals surface area contributed by atoms with Crippen LogP contribution in [0.2, 0.25) is 0 Å². The van der Waals surface area contributed by atoms with Gasteiger partial charge in [-0.3, -0.25) is 0 Å². The van der Waals surface area contributed by atoms with Gasteiger partial charge in [0.05, 0.1) is 0 Å². The van der Waals surface area contributed by atoms with Crippen LogP contribution < -0.4 is 0 Å². The molecule has 0 aliphatic heterocycles. The summed E-state index contributed by atoms with van der Waals surface area (Å²) in [6.45, 7) is 7.64. The van der Waals surface area contributed by atoms with Gasteiger partial charge >= 0.3 is 0 Å². The maximum Gasteiger partial charge on any atom is 0.166 e. The van der Waals surface area contributed by atoms with Crippen LogP contribution in [0, 0.1) is 13.8 Å². The third kappa shape index (κ3) is 1.99. The van der Waals surface area contributed by atoms with E-state index in [-0.39, 0.29) is 5.83 Å². The van der Waals surface area contributed by atoms with E-state index in [1.54, 1.807) is 6.92 Å². The number of rotatable bonds is 2. The minimum atomic E-state index is -0.223. The average molecular weight is 232 g/mol. The predicted octanol–water partition coefficient (Wildman–Crippen LogP) is 5.16. The Labute approximate surface area is 101 Å². The minimum Gasteiger partial charge on any atom is -0.453 e.